The number of thiophene rings is 1. The second-order valence-corrected chi connectivity index (χ2v) is 10.3. The van der Waals surface area contributed by atoms with E-state index in [2.05, 4.69) is 14.9 Å². The van der Waals surface area contributed by atoms with Gasteiger partial charge >= 0.3 is 0 Å². The fraction of sp³-hybridized carbons (Fsp3) is 0.190. The topological polar surface area (TPSA) is 121 Å². The Balaban J connectivity index is 1.47. The van der Waals surface area contributed by atoms with Crippen LogP contribution in [0.2, 0.25) is 5.02 Å². The molecule has 0 atom stereocenters. The molecule has 0 bridgehead atoms. The molecule has 9 nitrogen and oxygen atoms in total. The Bertz CT molecular complexity index is 1500. The summed E-state index contributed by atoms with van der Waals surface area (Å²) < 4.78 is 33.9. The number of sulfonamides is 1. The highest BCUT2D eigenvalue weighted by Crippen LogP contribution is 2.37. The van der Waals surface area contributed by atoms with Crippen molar-refractivity contribution in [1.82, 2.24) is 10.1 Å². The van der Waals surface area contributed by atoms with E-state index in [0.717, 1.165) is 22.5 Å². The lowest BCUT2D eigenvalue weighted by atomic mass is 10.0. The van der Waals surface area contributed by atoms with E-state index >= 15 is 0 Å². The van der Waals surface area contributed by atoms with Gasteiger partial charge in [0.25, 0.3) is 15.9 Å². The van der Waals surface area contributed by atoms with Gasteiger partial charge in [0, 0.05) is 23.6 Å². The summed E-state index contributed by atoms with van der Waals surface area (Å²) in [5.41, 5.74) is 2.14. The van der Waals surface area contributed by atoms with Crippen LogP contribution < -0.4 is 9.61 Å². The highest BCUT2D eigenvalue weighted by Gasteiger charge is 2.30. The minimum absolute atomic E-state index is 0.0481. The van der Waals surface area contributed by atoms with Gasteiger partial charge in [0.2, 0.25) is 0 Å². The van der Waals surface area contributed by atoms with Crippen molar-refractivity contribution in [3.8, 4) is 5.75 Å². The number of halogens is 1. The van der Waals surface area contributed by atoms with Crippen molar-refractivity contribution in [2.75, 3.05) is 4.72 Å². The summed E-state index contributed by atoms with van der Waals surface area (Å²) in [4.78, 5) is 27.8. The van der Waals surface area contributed by atoms with Crippen molar-refractivity contribution >= 4 is 54.8 Å². The fourth-order valence-electron chi connectivity index (χ4n) is 3.43. The van der Waals surface area contributed by atoms with Gasteiger partial charge in [0.05, 0.1) is 4.88 Å². The standard InChI is InChI=1S/C21H16ClN3O6S2/c1-11-17(22)20(30-24-11)25-33(27,28)19-14-3-2-8-23-21(14)32-18(19)15(26)7-5-12-4-6-13-10-29-31-16(13)9-12/h2-4,6,8-9,25H,5,7,10H2,1H3. The predicted octanol–water partition coefficient (Wildman–Crippen LogP) is 4.69. The normalized spacial score (nSPS) is 13.2. The average molecular weight is 506 g/mol. The Hall–Kier alpha value is -2.99. The molecule has 0 spiro atoms. The molecule has 4 aromatic rings. The van der Waals surface area contributed by atoms with Crippen LogP contribution >= 0.6 is 22.9 Å². The number of carbonyl (C=O) groups is 1. The smallest absolute Gasteiger partial charge is 0.266 e. The molecule has 0 aliphatic carbocycles. The first-order valence-electron chi connectivity index (χ1n) is 9.80. The van der Waals surface area contributed by atoms with Gasteiger partial charge in [-0.15, -0.1) is 11.3 Å². The predicted molar refractivity (Wildman–Crippen MR) is 121 cm³/mol. The molecule has 4 heterocycles. The van der Waals surface area contributed by atoms with Crippen LogP contribution in [0.1, 0.15) is 32.9 Å². The maximum atomic E-state index is 13.3. The molecule has 1 aliphatic heterocycles. The zero-order chi connectivity index (χ0) is 23.2. The van der Waals surface area contributed by atoms with Crippen molar-refractivity contribution in [3.05, 3.63) is 63.2 Å². The van der Waals surface area contributed by atoms with Gasteiger partial charge in [0.15, 0.2) is 11.5 Å². The Labute approximate surface area is 197 Å². The van der Waals surface area contributed by atoms with Crippen LogP contribution in [0.4, 0.5) is 5.88 Å². The molecule has 1 aromatic carbocycles. The van der Waals surface area contributed by atoms with E-state index in [1.165, 1.54) is 0 Å². The summed E-state index contributed by atoms with van der Waals surface area (Å²) in [5.74, 6) is 0.0877. The van der Waals surface area contributed by atoms with Crippen molar-refractivity contribution in [1.29, 1.82) is 0 Å². The lowest BCUT2D eigenvalue weighted by Gasteiger charge is -2.08. The summed E-state index contributed by atoms with van der Waals surface area (Å²) in [6.07, 6.45) is 2.04. The highest BCUT2D eigenvalue weighted by atomic mass is 35.5. The number of rotatable bonds is 7. The molecule has 0 fully saturated rings. The number of hydrogen-bond donors (Lipinski definition) is 1. The fourth-order valence-corrected chi connectivity index (χ4v) is 6.43. The lowest BCUT2D eigenvalue weighted by Crippen LogP contribution is -2.16. The van der Waals surface area contributed by atoms with Crippen molar-refractivity contribution in [2.24, 2.45) is 0 Å². The zero-order valence-electron chi connectivity index (χ0n) is 17.1. The number of carbonyl (C=O) groups excluding carboxylic acids is 1. The molecule has 0 saturated carbocycles. The summed E-state index contributed by atoms with van der Waals surface area (Å²) >= 11 is 7.11. The largest absolute Gasteiger partial charge is 0.337 e. The van der Waals surface area contributed by atoms with E-state index in [0.29, 0.717) is 34.7 Å². The van der Waals surface area contributed by atoms with Crippen molar-refractivity contribution in [3.63, 3.8) is 0 Å². The number of hydrogen-bond acceptors (Lipinski definition) is 9. The van der Waals surface area contributed by atoms with E-state index in [1.54, 1.807) is 25.3 Å². The quantitative estimate of drug-likeness (QED) is 0.284. The molecule has 0 unspecified atom stereocenters. The maximum absolute atomic E-state index is 13.3. The zero-order valence-corrected chi connectivity index (χ0v) is 19.5. The number of aromatic nitrogens is 2. The SMILES string of the molecule is Cc1noc(NS(=O)(=O)c2c(C(=O)CCc3ccc4c(c3)OOC4)sc3ncccc23)c1Cl. The first-order chi connectivity index (χ1) is 15.8. The Morgan fingerprint density at radius 3 is 2.94 bits per heavy atom. The minimum atomic E-state index is -4.23. The molecule has 5 rings (SSSR count). The summed E-state index contributed by atoms with van der Waals surface area (Å²) in [5, 5.41) is 4.05. The van der Waals surface area contributed by atoms with E-state index < -0.39 is 10.0 Å². The number of Topliss-reactive ketones (excluding diaryl/α,β-unsaturated/α-hetero) is 1. The lowest BCUT2D eigenvalue weighted by molar-refractivity contribution is -0.194. The monoisotopic (exact) mass is 505 g/mol. The Kier molecular flexibility index (Phi) is 5.57. The highest BCUT2D eigenvalue weighted by molar-refractivity contribution is 7.93. The summed E-state index contributed by atoms with van der Waals surface area (Å²) in [6.45, 7) is 1.96. The molecule has 12 heteroatoms. The summed E-state index contributed by atoms with van der Waals surface area (Å²) in [7, 11) is -4.23. The molecule has 0 saturated heterocycles. The van der Waals surface area contributed by atoms with Crippen LogP contribution in [0.5, 0.6) is 5.75 Å². The number of pyridine rings is 1. The Morgan fingerprint density at radius 1 is 1.30 bits per heavy atom. The van der Waals surface area contributed by atoms with Crippen LogP contribution in [0.3, 0.4) is 0 Å². The van der Waals surface area contributed by atoms with Gasteiger partial charge in [-0.2, -0.15) is 4.89 Å². The number of benzene rings is 1. The first kappa shape index (κ1) is 21.8. The van der Waals surface area contributed by atoms with Crippen LogP contribution in [0.15, 0.2) is 45.9 Å². The molecule has 0 amide bonds. The second-order valence-electron chi connectivity index (χ2n) is 7.34. The molecule has 0 radical (unpaired) electrons. The number of ketones is 1. The third-order valence-corrected chi connectivity index (χ3v) is 8.24. The molecular weight excluding hydrogens is 490 g/mol. The van der Waals surface area contributed by atoms with E-state index in [1.807, 2.05) is 18.2 Å². The second kappa shape index (κ2) is 8.41. The van der Waals surface area contributed by atoms with Gasteiger partial charge in [-0.25, -0.2) is 18.1 Å². The minimum Gasteiger partial charge on any atom is -0.337 e. The van der Waals surface area contributed by atoms with Crippen LogP contribution in [0.25, 0.3) is 10.2 Å². The number of anilines is 1. The Morgan fingerprint density at radius 2 is 2.15 bits per heavy atom. The molecule has 1 N–H and O–H groups in total. The van der Waals surface area contributed by atoms with Crippen molar-refractivity contribution < 1.29 is 27.5 Å². The number of nitrogens with one attached hydrogen (secondary N) is 1. The van der Waals surface area contributed by atoms with Gasteiger partial charge in [-0.1, -0.05) is 28.9 Å². The molecular formula is C21H16ClN3O6S2. The number of aryl methyl sites for hydroxylation is 2. The van der Waals surface area contributed by atoms with Crippen LogP contribution in [0, 0.1) is 6.92 Å². The van der Waals surface area contributed by atoms with E-state index in [9.17, 15) is 13.2 Å². The van der Waals surface area contributed by atoms with Crippen LogP contribution in [-0.2, 0) is 27.9 Å². The van der Waals surface area contributed by atoms with Gasteiger partial charge in [0.1, 0.15) is 27.0 Å². The van der Waals surface area contributed by atoms with E-state index in [4.69, 9.17) is 25.9 Å². The third-order valence-electron chi connectivity index (χ3n) is 5.10. The maximum Gasteiger partial charge on any atom is 0.266 e. The first-order valence-corrected chi connectivity index (χ1v) is 12.5. The molecule has 170 valence electrons. The van der Waals surface area contributed by atoms with Gasteiger partial charge < -0.3 is 9.41 Å². The summed E-state index contributed by atoms with van der Waals surface area (Å²) in [6, 6.07) is 8.81. The molecule has 3 aromatic heterocycles. The van der Waals surface area contributed by atoms with Crippen molar-refractivity contribution in [2.45, 2.75) is 31.3 Å². The van der Waals surface area contributed by atoms with E-state index in [-0.39, 0.29) is 32.9 Å². The average Bonchev–Trinajstić information content (AvgIpc) is 3.50. The molecule has 1 aliphatic rings. The molecule has 33 heavy (non-hydrogen) atoms. The van der Waals surface area contributed by atoms with Gasteiger partial charge in [-0.05, 0) is 37.1 Å². The third kappa shape index (κ3) is 4.08. The number of fused-ring (bicyclic) bond motifs is 2. The van der Waals surface area contributed by atoms with Gasteiger partial charge in [-0.3, -0.25) is 4.79 Å². The number of nitrogens with zero attached hydrogens (tertiary/aromatic N) is 2. The van der Waals surface area contributed by atoms with Crippen LogP contribution in [-0.4, -0.2) is 24.3 Å².